The van der Waals surface area contributed by atoms with Crippen molar-refractivity contribution in [2.75, 3.05) is 19.6 Å². The van der Waals surface area contributed by atoms with Crippen LogP contribution in [0.4, 0.5) is 0 Å². The number of benzene rings is 1. The van der Waals surface area contributed by atoms with Gasteiger partial charge in [0.15, 0.2) is 0 Å². The molecule has 0 saturated carbocycles. The van der Waals surface area contributed by atoms with Crippen LogP contribution in [-0.4, -0.2) is 36.5 Å². The van der Waals surface area contributed by atoms with E-state index in [4.69, 9.17) is 11.5 Å². The minimum absolute atomic E-state index is 0.0704. The normalized spacial score (nSPS) is 18.1. The van der Waals surface area contributed by atoms with E-state index in [1.165, 1.54) is 5.56 Å². The zero-order valence-electron chi connectivity index (χ0n) is 12.2. The van der Waals surface area contributed by atoms with Gasteiger partial charge in [-0.2, -0.15) is 0 Å². The standard InChI is InChI=1S/C16H25N3O/c1-12-2-4-13(5-3-12)10-15(18)16(20)19-8-6-14(11-17)7-9-19/h2-5,14-15H,6-11,17-18H2,1H3. The van der Waals surface area contributed by atoms with Crippen LogP contribution >= 0.6 is 0 Å². The second kappa shape index (κ2) is 6.86. The molecule has 1 aromatic carbocycles. The van der Waals surface area contributed by atoms with Crippen LogP contribution < -0.4 is 11.5 Å². The van der Waals surface area contributed by atoms with Gasteiger partial charge in [-0.05, 0) is 44.2 Å². The SMILES string of the molecule is Cc1ccc(CC(N)C(=O)N2CCC(CN)CC2)cc1. The van der Waals surface area contributed by atoms with E-state index in [0.717, 1.165) is 38.0 Å². The van der Waals surface area contributed by atoms with E-state index in [0.29, 0.717) is 12.3 Å². The summed E-state index contributed by atoms with van der Waals surface area (Å²) in [7, 11) is 0. The minimum atomic E-state index is -0.438. The van der Waals surface area contributed by atoms with Gasteiger partial charge in [0.1, 0.15) is 0 Å². The molecule has 110 valence electrons. The summed E-state index contributed by atoms with van der Waals surface area (Å²) < 4.78 is 0. The molecule has 1 aromatic rings. The lowest BCUT2D eigenvalue weighted by atomic mass is 9.96. The second-order valence-corrected chi connectivity index (χ2v) is 5.80. The molecule has 20 heavy (non-hydrogen) atoms. The van der Waals surface area contributed by atoms with Crippen LogP contribution in [0, 0.1) is 12.8 Å². The van der Waals surface area contributed by atoms with E-state index in [1.54, 1.807) is 0 Å². The van der Waals surface area contributed by atoms with E-state index in [-0.39, 0.29) is 5.91 Å². The molecule has 2 rings (SSSR count). The lowest BCUT2D eigenvalue weighted by Gasteiger charge is -2.33. The maximum atomic E-state index is 12.3. The number of nitrogens with two attached hydrogens (primary N) is 2. The highest BCUT2D eigenvalue weighted by Crippen LogP contribution is 2.17. The van der Waals surface area contributed by atoms with Gasteiger partial charge in [0.2, 0.25) is 5.91 Å². The van der Waals surface area contributed by atoms with Gasteiger partial charge >= 0.3 is 0 Å². The van der Waals surface area contributed by atoms with E-state index >= 15 is 0 Å². The molecule has 1 unspecified atom stereocenters. The molecule has 1 aliphatic heterocycles. The van der Waals surface area contributed by atoms with E-state index < -0.39 is 6.04 Å². The Morgan fingerprint density at radius 3 is 2.45 bits per heavy atom. The molecule has 1 saturated heterocycles. The van der Waals surface area contributed by atoms with Crippen molar-refractivity contribution in [3.05, 3.63) is 35.4 Å². The Kier molecular flexibility index (Phi) is 5.15. The van der Waals surface area contributed by atoms with Gasteiger partial charge in [0.05, 0.1) is 6.04 Å². The quantitative estimate of drug-likeness (QED) is 0.863. The summed E-state index contributed by atoms with van der Waals surface area (Å²) in [5.74, 6) is 0.633. The lowest BCUT2D eigenvalue weighted by molar-refractivity contribution is -0.133. The molecule has 4 heteroatoms. The number of carbonyl (C=O) groups is 1. The molecule has 0 spiro atoms. The number of likely N-dealkylation sites (tertiary alicyclic amines) is 1. The Morgan fingerprint density at radius 1 is 1.30 bits per heavy atom. The zero-order chi connectivity index (χ0) is 14.5. The number of hydrogen-bond donors (Lipinski definition) is 2. The van der Waals surface area contributed by atoms with Gasteiger partial charge in [0.25, 0.3) is 0 Å². The molecule has 4 nitrogen and oxygen atoms in total. The van der Waals surface area contributed by atoms with Crippen LogP contribution in [0.3, 0.4) is 0 Å². The Morgan fingerprint density at radius 2 is 1.90 bits per heavy atom. The molecule has 1 heterocycles. The largest absolute Gasteiger partial charge is 0.341 e. The van der Waals surface area contributed by atoms with Crippen LogP contribution in [0.25, 0.3) is 0 Å². The van der Waals surface area contributed by atoms with Gasteiger partial charge < -0.3 is 16.4 Å². The Labute approximate surface area is 121 Å². The first kappa shape index (κ1) is 15.0. The third-order valence-electron chi connectivity index (χ3n) is 4.15. The zero-order valence-corrected chi connectivity index (χ0v) is 12.2. The summed E-state index contributed by atoms with van der Waals surface area (Å²) in [5, 5.41) is 0. The number of piperidine rings is 1. The highest BCUT2D eigenvalue weighted by atomic mass is 16.2. The fraction of sp³-hybridized carbons (Fsp3) is 0.562. The number of aryl methyl sites for hydroxylation is 1. The first-order valence-electron chi connectivity index (χ1n) is 7.40. The Hall–Kier alpha value is -1.39. The van der Waals surface area contributed by atoms with Gasteiger partial charge in [-0.1, -0.05) is 29.8 Å². The summed E-state index contributed by atoms with van der Waals surface area (Å²) in [6, 6.07) is 7.76. The van der Waals surface area contributed by atoms with Crippen molar-refractivity contribution >= 4 is 5.91 Å². The van der Waals surface area contributed by atoms with E-state index in [1.807, 2.05) is 17.0 Å². The first-order chi connectivity index (χ1) is 9.60. The van der Waals surface area contributed by atoms with Crippen LogP contribution in [-0.2, 0) is 11.2 Å². The molecular formula is C16H25N3O. The van der Waals surface area contributed by atoms with E-state index in [2.05, 4.69) is 19.1 Å². The number of rotatable bonds is 4. The van der Waals surface area contributed by atoms with Crippen LogP contribution in [0.1, 0.15) is 24.0 Å². The van der Waals surface area contributed by atoms with Crippen molar-refractivity contribution in [1.29, 1.82) is 0 Å². The number of nitrogens with zero attached hydrogens (tertiary/aromatic N) is 1. The minimum Gasteiger partial charge on any atom is -0.341 e. The molecule has 0 aromatic heterocycles. The molecule has 4 N–H and O–H groups in total. The van der Waals surface area contributed by atoms with Crippen molar-refractivity contribution in [2.24, 2.45) is 17.4 Å². The van der Waals surface area contributed by atoms with Crippen molar-refractivity contribution < 1.29 is 4.79 Å². The highest BCUT2D eigenvalue weighted by Gasteiger charge is 2.25. The summed E-state index contributed by atoms with van der Waals surface area (Å²) in [6.07, 6.45) is 2.61. The monoisotopic (exact) mass is 275 g/mol. The highest BCUT2D eigenvalue weighted by molar-refractivity contribution is 5.82. The fourth-order valence-corrected chi connectivity index (χ4v) is 2.69. The number of carbonyl (C=O) groups excluding carboxylic acids is 1. The van der Waals surface area contributed by atoms with Crippen LogP contribution in [0.15, 0.2) is 24.3 Å². The Balaban J connectivity index is 1.87. The molecule has 1 atom stereocenters. The first-order valence-corrected chi connectivity index (χ1v) is 7.40. The summed E-state index contributed by atoms with van der Waals surface area (Å²) >= 11 is 0. The van der Waals surface area contributed by atoms with Crippen molar-refractivity contribution in [3.8, 4) is 0 Å². The molecule has 1 aliphatic rings. The van der Waals surface area contributed by atoms with Crippen LogP contribution in [0.2, 0.25) is 0 Å². The van der Waals surface area contributed by atoms with Crippen LogP contribution in [0.5, 0.6) is 0 Å². The van der Waals surface area contributed by atoms with E-state index in [9.17, 15) is 4.79 Å². The number of hydrogen-bond acceptors (Lipinski definition) is 3. The maximum absolute atomic E-state index is 12.3. The summed E-state index contributed by atoms with van der Waals surface area (Å²) in [4.78, 5) is 14.2. The molecule has 0 aliphatic carbocycles. The van der Waals surface area contributed by atoms with Crippen molar-refractivity contribution in [2.45, 2.75) is 32.2 Å². The summed E-state index contributed by atoms with van der Waals surface area (Å²) in [6.45, 7) is 4.36. The Bertz CT molecular complexity index is 436. The molecule has 1 fully saturated rings. The summed E-state index contributed by atoms with van der Waals surface area (Å²) in [5.41, 5.74) is 14.1. The smallest absolute Gasteiger partial charge is 0.239 e. The average molecular weight is 275 g/mol. The van der Waals surface area contributed by atoms with Gasteiger partial charge in [-0.25, -0.2) is 0 Å². The van der Waals surface area contributed by atoms with Gasteiger partial charge in [-0.3, -0.25) is 4.79 Å². The van der Waals surface area contributed by atoms with Crippen molar-refractivity contribution in [3.63, 3.8) is 0 Å². The second-order valence-electron chi connectivity index (χ2n) is 5.80. The van der Waals surface area contributed by atoms with Gasteiger partial charge in [0, 0.05) is 13.1 Å². The average Bonchev–Trinajstić information content (AvgIpc) is 2.49. The third kappa shape index (κ3) is 3.81. The third-order valence-corrected chi connectivity index (χ3v) is 4.15. The van der Waals surface area contributed by atoms with Gasteiger partial charge in [-0.15, -0.1) is 0 Å². The predicted octanol–water partition coefficient (Wildman–Crippen LogP) is 1.06. The molecule has 0 radical (unpaired) electrons. The lowest BCUT2D eigenvalue weighted by Crippen LogP contribution is -2.48. The topological polar surface area (TPSA) is 72.4 Å². The number of amides is 1. The molecule has 1 amide bonds. The maximum Gasteiger partial charge on any atom is 0.239 e. The molecule has 0 bridgehead atoms. The molecular weight excluding hydrogens is 250 g/mol. The predicted molar refractivity (Wildman–Crippen MR) is 81.2 cm³/mol. The fourth-order valence-electron chi connectivity index (χ4n) is 2.69. The van der Waals surface area contributed by atoms with Crippen molar-refractivity contribution in [1.82, 2.24) is 4.90 Å².